The zero-order valence-corrected chi connectivity index (χ0v) is 19.0. The van der Waals surface area contributed by atoms with Crippen LogP contribution in [0.1, 0.15) is 49.5 Å². The van der Waals surface area contributed by atoms with Crippen molar-refractivity contribution in [1.82, 2.24) is 19.7 Å². The number of aromatic nitrogens is 3. The van der Waals surface area contributed by atoms with Crippen molar-refractivity contribution in [2.45, 2.75) is 51.7 Å². The Hall–Kier alpha value is -2.45. The number of rotatable bonds is 7. The summed E-state index contributed by atoms with van der Waals surface area (Å²) in [5.41, 5.74) is 3.43. The zero-order chi connectivity index (χ0) is 21.5. The van der Waals surface area contributed by atoms with Crippen LogP contribution in [-0.4, -0.2) is 43.6 Å². The van der Waals surface area contributed by atoms with Gasteiger partial charge in [-0.25, -0.2) is 9.97 Å². The first kappa shape index (κ1) is 20.8. The van der Waals surface area contributed by atoms with Crippen molar-refractivity contribution in [3.63, 3.8) is 0 Å². The minimum absolute atomic E-state index is 0.00379. The molecule has 3 N–H and O–H groups in total. The number of aliphatic hydroxyl groups is 1. The molecule has 1 fully saturated rings. The first-order valence-corrected chi connectivity index (χ1v) is 11.0. The average molecular weight is 472 g/mol. The highest BCUT2D eigenvalue weighted by molar-refractivity contribution is 9.10. The van der Waals surface area contributed by atoms with Crippen molar-refractivity contribution in [3.05, 3.63) is 46.3 Å². The van der Waals surface area contributed by atoms with Gasteiger partial charge in [-0.1, -0.05) is 13.0 Å². The van der Waals surface area contributed by atoms with Gasteiger partial charge in [0.1, 0.15) is 4.60 Å². The smallest absolute Gasteiger partial charge is 0.251 e. The molecule has 0 saturated heterocycles. The summed E-state index contributed by atoms with van der Waals surface area (Å²) in [5, 5.41) is 16.3. The molecule has 3 aromatic rings. The molecular formula is C22H26BrN5O2. The molecule has 2 heterocycles. The number of hydrogen-bond donors (Lipinski definition) is 3. The fraction of sp³-hybridized carbons (Fsp3) is 0.409. The molecule has 1 aliphatic carbocycles. The highest BCUT2D eigenvalue weighted by Crippen LogP contribution is 2.28. The third-order valence-electron chi connectivity index (χ3n) is 5.09. The standard InChI is InChI=1S/C22H26BrN5O2/c1-4-13-9-14(5-8-16(13)21(29)26-15-6-7-15)17-10-24-20-19(25-12-22(2,3)30)27-18(23)11-28(17)20/h5,8-11,15,30H,4,6-7,12H2,1-3H3,(H,25,27)(H,26,29). The lowest BCUT2D eigenvalue weighted by molar-refractivity contribution is 0.0939. The van der Waals surface area contributed by atoms with Crippen molar-refractivity contribution < 1.29 is 9.90 Å². The predicted molar refractivity (Wildman–Crippen MR) is 121 cm³/mol. The van der Waals surface area contributed by atoms with Gasteiger partial charge in [-0.3, -0.25) is 9.20 Å². The summed E-state index contributed by atoms with van der Waals surface area (Å²) in [7, 11) is 0. The Morgan fingerprint density at radius 2 is 2.13 bits per heavy atom. The molecule has 1 saturated carbocycles. The number of imidazole rings is 1. The van der Waals surface area contributed by atoms with E-state index in [1.54, 1.807) is 20.0 Å². The first-order valence-electron chi connectivity index (χ1n) is 10.2. The van der Waals surface area contributed by atoms with Gasteiger partial charge in [0.25, 0.3) is 5.91 Å². The largest absolute Gasteiger partial charge is 0.389 e. The maximum Gasteiger partial charge on any atom is 0.251 e. The molecule has 2 aromatic heterocycles. The average Bonchev–Trinajstić information content (AvgIpc) is 3.41. The third-order valence-corrected chi connectivity index (χ3v) is 5.47. The summed E-state index contributed by atoms with van der Waals surface area (Å²) in [6, 6.07) is 6.25. The molecule has 158 valence electrons. The van der Waals surface area contributed by atoms with Crippen molar-refractivity contribution in [1.29, 1.82) is 0 Å². The molecule has 0 radical (unpaired) electrons. The lowest BCUT2D eigenvalue weighted by atomic mass is 10.00. The Kier molecular flexibility index (Phi) is 5.55. The quantitative estimate of drug-likeness (QED) is 0.487. The maximum absolute atomic E-state index is 12.6. The molecule has 8 heteroatoms. The maximum atomic E-state index is 12.6. The van der Waals surface area contributed by atoms with Gasteiger partial charge in [0.05, 0.1) is 17.5 Å². The van der Waals surface area contributed by atoms with Crippen LogP contribution >= 0.6 is 15.9 Å². The summed E-state index contributed by atoms with van der Waals surface area (Å²) in [6.07, 6.45) is 6.57. The molecule has 0 bridgehead atoms. The van der Waals surface area contributed by atoms with E-state index in [0.29, 0.717) is 28.7 Å². The predicted octanol–water partition coefficient (Wildman–Crippen LogP) is 3.80. The van der Waals surface area contributed by atoms with Gasteiger partial charge < -0.3 is 15.7 Å². The highest BCUT2D eigenvalue weighted by Gasteiger charge is 2.25. The number of aryl methyl sites for hydroxylation is 1. The summed E-state index contributed by atoms with van der Waals surface area (Å²) < 4.78 is 2.62. The molecule has 7 nitrogen and oxygen atoms in total. The monoisotopic (exact) mass is 471 g/mol. The van der Waals surface area contributed by atoms with Crippen LogP contribution in [0.15, 0.2) is 35.2 Å². The van der Waals surface area contributed by atoms with Crippen LogP contribution in [0.5, 0.6) is 0 Å². The van der Waals surface area contributed by atoms with Crippen LogP contribution in [0.25, 0.3) is 16.9 Å². The van der Waals surface area contributed by atoms with E-state index in [2.05, 4.69) is 49.5 Å². The molecule has 0 unspecified atom stereocenters. The summed E-state index contributed by atoms with van der Waals surface area (Å²) in [5.74, 6) is 0.595. The molecule has 4 rings (SSSR count). The molecule has 1 amide bonds. The lowest BCUT2D eigenvalue weighted by Gasteiger charge is -2.18. The number of benzene rings is 1. The normalized spacial score (nSPS) is 14.2. The van der Waals surface area contributed by atoms with E-state index >= 15 is 0 Å². The van der Waals surface area contributed by atoms with E-state index < -0.39 is 5.60 Å². The fourth-order valence-electron chi connectivity index (χ4n) is 3.35. The summed E-state index contributed by atoms with van der Waals surface area (Å²) in [6.45, 7) is 5.87. The number of carbonyl (C=O) groups excluding carboxylic acids is 1. The van der Waals surface area contributed by atoms with Crippen LogP contribution in [-0.2, 0) is 6.42 Å². The van der Waals surface area contributed by atoms with E-state index in [4.69, 9.17) is 0 Å². The van der Waals surface area contributed by atoms with Crippen LogP contribution in [0.2, 0.25) is 0 Å². The molecule has 0 aliphatic heterocycles. The molecule has 30 heavy (non-hydrogen) atoms. The number of amides is 1. The SMILES string of the molecule is CCc1cc(-c2cnc3c(NCC(C)(C)O)nc(Br)cn23)ccc1C(=O)NC1CC1. The van der Waals surface area contributed by atoms with Gasteiger partial charge in [0, 0.05) is 29.9 Å². The summed E-state index contributed by atoms with van der Waals surface area (Å²) >= 11 is 3.47. The van der Waals surface area contributed by atoms with E-state index in [-0.39, 0.29) is 5.91 Å². The first-order chi connectivity index (χ1) is 14.2. The Balaban J connectivity index is 1.70. The molecular weight excluding hydrogens is 446 g/mol. The van der Waals surface area contributed by atoms with E-state index in [9.17, 15) is 9.90 Å². The minimum atomic E-state index is -0.872. The van der Waals surface area contributed by atoms with Crippen LogP contribution in [0, 0.1) is 0 Å². The van der Waals surface area contributed by atoms with Crippen molar-refractivity contribution in [2.75, 3.05) is 11.9 Å². The van der Waals surface area contributed by atoms with Crippen molar-refractivity contribution in [3.8, 4) is 11.3 Å². The van der Waals surface area contributed by atoms with E-state index in [1.165, 1.54) is 0 Å². The Bertz CT molecular complexity index is 1100. The topological polar surface area (TPSA) is 91.6 Å². The molecule has 0 spiro atoms. The minimum Gasteiger partial charge on any atom is -0.389 e. The van der Waals surface area contributed by atoms with Gasteiger partial charge >= 0.3 is 0 Å². The second-order valence-corrected chi connectivity index (χ2v) is 9.20. The van der Waals surface area contributed by atoms with Crippen LogP contribution < -0.4 is 10.6 Å². The van der Waals surface area contributed by atoms with Crippen LogP contribution in [0.3, 0.4) is 0 Å². The highest BCUT2D eigenvalue weighted by atomic mass is 79.9. The Labute approximate surface area is 184 Å². The van der Waals surface area contributed by atoms with Crippen molar-refractivity contribution >= 4 is 33.3 Å². The van der Waals surface area contributed by atoms with E-state index in [0.717, 1.165) is 41.6 Å². The lowest BCUT2D eigenvalue weighted by Crippen LogP contribution is -2.29. The van der Waals surface area contributed by atoms with Gasteiger partial charge in [-0.05, 0) is 66.7 Å². The van der Waals surface area contributed by atoms with Gasteiger partial charge in [-0.15, -0.1) is 0 Å². The number of anilines is 1. The molecule has 1 aromatic carbocycles. The Morgan fingerprint density at radius 1 is 1.37 bits per heavy atom. The van der Waals surface area contributed by atoms with Gasteiger partial charge in [0.2, 0.25) is 0 Å². The summed E-state index contributed by atoms with van der Waals surface area (Å²) in [4.78, 5) is 21.6. The Morgan fingerprint density at radius 3 is 2.80 bits per heavy atom. The number of fused-ring (bicyclic) bond motifs is 1. The molecule has 1 aliphatic rings. The van der Waals surface area contributed by atoms with Gasteiger partial charge in [0.15, 0.2) is 11.5 Å². The van der Waals surface area contributed by atoms with Crippen molar-refractivity contribution in [2.24, 2.45) is 0 Å². The second kappa shape index (κ2) is 8.00. The number of hydrogen-bond acceptors (Lipinski definition) is 5. The van der Waals surface area contributed by atoms with Gasteiger partial charge in [-0.2, -0.15) is 0 Å². The number of nitrogens with zero attached hydrogens (tertiary/aromatic N) is 3. The number of carbonyl (C=O) groups is 1. The number of halogens is 1. The van der Waals surface area contributed by atoms with Crippen LogP contribution in [0.4, 0.5) is 5.82 Å². The fourth-order valence-corrected chi connectivity index (χ4v) is 3.73. The second-order valence-electron chi connectivity index (χ2n) is 8.39. The zero-order valence-electron chi connectivity index (χ0n) is 17.4. The third kappa shape index (κ3) is 4.49. The number of nitrogens with one attached hydrogen (secondary N) is 2. The van der Waals surface area contributed by atoms with E-state index in [1.807, 2.05) is 22.7 Å². The molecule has 0 atom stereocenters.